The van der Waals surface area contributed by atoms with Gasteiger partial charge < -0.3 is 25.2 Å². The second-order valence-corrected chi connectivity index (χ2v) is 7.46. The Hall–Kier alpha value is -2.33. The molecule has 2 aromatic rings. The molecule has 0 fully saturated rings. The van der Waals surface area contributed by atoms with E-state index in [9.17, 15) is 4.79 Å². The summed E-state index contributed by atoms with van der Waals surface area (Å²) in [5.74, 6) is 1.57. The van der Waals surface area contributed by atoms with Crippen LogP contribution in [0.25, 0.3) is 0 Å². The predicted molar refractivity (Wildman–Crippen MR) is 137 cm³/mol. The molecule has 1 atom stereocenters. The van der Waals surface area contributed by atoms with Gasteiger partial charge in [0.1, 0.15) is 5.75 Å². The summed E-state index contributed by atoms with van der Waals surface area (Å²) in [5, 5.41) is 6.72. The third-order valence-corrected chi connectivity index (χ3v) is 4.86. The lowest BCUT2D eigenvalue weighted by Gasteiger charge is -2.26. The zero-order valence-corrected chi connectivity index (χ0v) is 21.5. The molecule has 0 heterocycles. The molecule has 8 heteroatoms. The van der Waals surface area contributed by atoms with Crippen LogP contribution in [0.5, 0.6) is 5.75 Å². The zero-order chi connectivity index (χ0) is 22.1. The SMILES string of the molecule is CN=C(NCc1ccc(C(=O)N(C)C)cc1)NCC(c1cccc(OC)c1)N(C)C.I. The van der Waals surface area contributed by atoms with Crippen LogP contribution in [0.1, 0.15) is 27.5 Å². The van der Waals surface area contributed by atoms with Crippen molar-refractivity contribution in [3.63, 3.8) is 0 Å². The first-order valence-corrected chi connectivity index (χ1v) is 9.91. The van der Waals surface area contributed by atoms with Crippen LogP contribution in [-0.4, -0.2) is 70.6 Å². The van der Waals surface area contributed by atoms with Gasteiger partial charge in [0, 0.05) is 39.8 Å². The number of guanidine groups is 1. The second-order valence-electron chi connectivity index (χ2n) is 7.46. The fraction of sp³-hybridized carbons (Fsp3) is 0.391. The van der Waals surface area contributed by atoms with Crippen molar-refractivity contribution in [2.45, 2.75) is 12.6 Å². The van der Waals surface area contributed by atoms with Crippen LogP contribution in [0.2, 0.25) is 0 Å². The van der Waals surface area contributed by atoms with Crippen molar-refractivity contribution in [3.8, 4) is 5.75 Å². The second kappa shape index (κ2) is 13.2. The molecule has 0 saturated carbocycles. The molecule has 7 nitrogen and oxygen atoms in total. The van der Waals surface area contributed by atoms with Crippen LogP contribution in [0.15, 0.2) is 53.5 Å². The summed E-state index contributed by atoms with van der Waals surface area (Å²) >= 11 is 0. The summed E-state index contributed by atoms with van der Waals surface area (Å²) < 4.78 is 5.36. The molecule has 0 radical (unpaired) electrons. The first kappa shape index (κ1) is 26.7. The van der Waals surface area contributed by atoms with Gasteiger partial charge in [0.2, 0.25) is 0 Å². The molecule has 2 N–H and O–H groups in total. The minimum absolute atomic E-state index is 0. The smallest absolute Gasteiger partial charge is 0.253 e. The largest absolute Gasteiger partial charge is 0.497 e. The van der Waals surface area contributed by atoms with Crippen LogP contribution in [0, 0.1) is 0 Å². The fourth-order valence-electron chi connectivity index (χ4n) is 3.07. The Morgan fingerprint density at radius 1 is 1.06 bits per heavy atom. The Morgan fingerprint density at radius 3 is 2.29 bits per heavy atom. The van der Waals surface area contributed by atoms with Gasteiger partial charge in [-0.3, -0.25) is 9.79 Å². The third kappa shape index (κ3) is 8.02. The number of nitrogens with one attached hydrogen (secondary N) is 2. The topological polar surface area (TPSA) is 69.2 Å². The average molecular weight is 539 g/mol. The van der Waals surface area contributed by atoms with Gasteiger partial charge in [-0.25, -0.2) is 0 Å². The zero-order valence-electron chi connectivity index (χ0n) is 19.2. The highest BCUT2D eigenvalue weighted by molar-refractivity contribution is 14.0. The van der Waals surface area contributed by atoms with E-state index in [1.54, 1.807) is 33.2 Å². The molecule has 1 amide bonds. The number of likely N-dealkylation sites (N-methyl/N-ethyl adjacent to an activating group) is 1. The van der Waals surface area contributed by atoms with Crippen LogP contribution < -0.4 is 15.4 Å². The lowest BCUT2D eigenvalue weighted by atomic mass is 10.1. The van der Waals surface area contributed by atoms with E-state index in [1.807, 2.05) is 36.4 Å². The predicted octanol–water partition coefficient (Wildman–Crippen LogP) is 2.98. The van der Waals surface area contributed by atoms with Crippen LogP contribution in [-0.2, 0) is 6.54 Å². The highest BCUT2D eigenvalue weighted by Crippen LogP contribution is 2.22. The Kier molecular flexibility index (Phi) is 11.3. The summed E-state index contributed by atoms with van der Waals surface area (Å²) in [6.45, 7) is 1.30. The number of benzene rings is 2. The average Bonchev–Trinajstić information content (AvgIpc) is 2.75. The number of aliphatic imine (C=N–C) groups is 1. The molecule has 0 aliphatic heterocycles. The molecule has 2 aromatic carbocycles. The monoisotopic (exact) mass is 539 g/mol. The normalized spacial score (nSPS) is 12.0. The molecule has 1 unspecified atom stereocenters. The Balaban J connectivity index is 0.00000480. The van der Waals surface area contributed by atoms with Crippen molar-refractivity contribution in [1.29, 1.82) is 0 Å². The quantitative estimate of drug-likeness (QED) is 0.307. The van der Waals surface area contributed by atoms with Crippen LogP contribution >= 0.6 is 24.0 Å². The van der Waals surface area contributed by atoms with E-state index in [4.69, 9.17) is 4.74 Å². The number of carbonyl (C=O) groups excluding carboxylic acids is 1. The van der Waals surface area contributed by atoms with E-state index >= 15 is 0 Å². The number of carbonyl (C=O) groups is 1. The molecule has 0 aromatic heterocycles. The number of ether oxygens (including phenoxy) is 1. The van der Waals surface area contributed by atoms with Gasteiger partial charge in [-0.15, -0.1) is 24.0 Å². The van der Waals surface area contributed by atoms with Crippen LogP contribution in [0.4, 0.5) is 0 Å². The number of methoxy groups -OCH3 is 1. The molecule has 31 heavy (non-hydrogen) atoms. The molecular weight excluding hydrogens is 505 g/mol. The molecule has 0 aliphatic carbocycles. The lowest BCUT2D eigenvalue weighted by Crippen LogP contribution is -2.41. The number of amides is 1. The number of hydrogen-bond donors (Lipinski definition) is 2. The molecular formula is C23H34IN5O2. The van der Waals surface area contributed by atoms with E-state index in [2.05, 4.69) is 46.8 Å². The maximum absolute atomic E-state index is 12.0. The van der Waals surface area contributed by atoms with E-state index in [-0.39, 0.29) is 35.9 Å². The lowest BCUT2D eigenvalue weighted by molar-refractivity contribution is 0.0827. The maximum atomic E-state index is 12.0. The van der Waals surface area contributed by atoms with Crippen molar-refractivity contribution in [2.75, 3.05) is 48.9 Å². The number of hydrogen-bond acceptors (Lipinski definition) is 4. The highest BCUT2D eigenvalue weighted by Gasteiger charge is 2.15. The van der Waals surface area contributed by atoms with Gasteiger partial charge in [0.25, 0.3) is 5.91 Å². The van der Waals surface area contributed by atoms with Gasteiger partial charge in [-0.2, -0.15) is 0 Å². The van der Waals surface area contributed by atoms with Crippen LogP contribution in [0.3, 0.4) is 0 Å². The van der Waals surface area contributed by atoms with E-state index in [1.165, 1.54) is 5.56 Å². The minimum atomic E-state index is -0.000690. The number of halogens is 1. The molecule has 0 spiro atoms. The van der Waals surface area contributed by atoms with Crippen molar-refractivity contribution >= 4 is 35.8 Å². The number of nitrogens with zero attached hydrogens (tertiary/aromatic N) is 3. The Morgan fingerprint density at radius 2 is 1.74 bits per heavy atom. The van der Waals surface area contributed by atoms with Gasteiger partial charge in [0.15, 0.2) is 5.96 Å². The van der Waals surface area contributed by atoms with Gasteiger partial charge in [-0.05, 0) is 49.5 Å². The van der Waals surface area contributed by atoms with Crippen molar-refractivity contribution in [1.82, 2.24) is 20.4 Å². The molecule has 0 bridgehead atoms. The standard InChI is InChI=1S/C23H33N5O2.HI/c1-24-23(25-15-17-10-12-18(13-11-17)22(29)28(4)5)26-16-21(27(2)3)19-8-7-9-20(14-19)30-6;/h7-14,21H,15-16H2,1-6H3,(H2,24,25,26);1H. The molecule has 0 aliphatic rings. The summed E-state index contributed by atoms with van der Waals surface area (Å²) in [7, 11) is 11.0. The van der Waals surface area contributed by atoms with Gasteiger partial charge in [0.05, 0.1) is 13.2 Å². The number of rotatable bonds is 8. The summed E-state index contributed by atoms with van der Waals surface area (Å²) in [6, 6.07) is 15.9. The fourth-order valence-corrected chi connectivity index (χ4v) is 3.07. The molecule has 0 saturated heterocycles. The Bertz CT molecular complexity index is 853. The van der Waals surface area contributed by atoms with Gasteiger partial charge in [-0.1, -0.05) is 24.3 Å². The van der Waals surface area contributed by atoms with Crippen molar-refractivity contribution < 1.29 is 9.53 Å². The summed E-state index contributed by atoms with van der Waals surface area (Å²) in [5.41, 5.74) is 2.92. The third-order valence-electron chi connectivity index (χ3n) is 4.86. The molecule has 2 rings (SSSR count). The summed E-state index contributed by atoms with van der Waals surface area (Å²) in [6.07, 6.45) is 0. The van der Waals surface area contributed by atoms with Crippen molar-refractivity contribution in [3.05, 3.63) is 65.2 Å². The first-order chi connectivity index (χ1) is 14.3. The van der Waals surface area contributed by atoms with Crippen molar-refractivity contribution in [2.24, 2.45) is 4.99 Å². The highest BCUT2D eigenvalue weighted by atomic mass is 127. The van der Waals surface area contributed by atoms with Gasteiger partial charge >= 0.3 is 0 Å². The minimum Gasteiger partial charge on any atom is -0.497 e. The first-order valence-electron chi connectivity index (χ1n) is 9.91. The van der Waals surface area contributed by atoms with E-state index in [0.717, 1.165) is 17.3 Å². The summed E-state index contributed by atoms with van der Waals surface area (Å²) in [4.78, 5) is 20.1. The maximum Gasteiger partial charge on any atom is 0.253 e. The van der Waals surface area contributed by atoms with E-state index in [0.29, 0.717) is 18.7 Å². The van der Waals surface area contributed by atoms with E-state index < -0.39 is 0 Å². The molecule has 170 valence electrons. The Labute approximate surface area is 202 Å².